The first-order chi connectivity index (χ1) is 15.6. The summed E-state index contributed by atoms with van der Waals surface area (Å²) in [4.78, 5) is 27.7. The highest BCUT2D eigenvalue weighted by molar-refractivity contribution is 14.1. The Labute approximate surface area is 209 Å². The Hall–Kier alpha value is -2.34. The first-order valence-electron chi connectivity index (χ1n) is 10.5. The van der Waals surface area contributed by atoms with Gasteiger partial charge in [-0.2, -0.15) is 0 Å². The highest BCUT2D eigenvalue weighted by atomic mass is 127. The molecule has 33 heavy (non-hydrogen) atoms. The van der Waals surface area contributed by atoms with Crippen LogP contribution in [0.1, 0.15) is 25.8 Å². The molecule has 180 valence electrons. The van der Waals surface area contributed by atoms with Gasteiger partial charge in [-0.3, -0.25) is 13.9 Å². The van der Waals surface area contributed by atoms with Gasteiger partial charge in [0, 0.05) is 16.7 Å². The number of sulfonamides is 1. The van der Waals surface area contributed by atoms with Crippen molar-refractivity contribution in [2.75, 3.05) is 30.8 Å². The van der Waals surface area contributed by atoms with Gasteiger partial charge >= 0.3 is 0 Å². The lowest BCUT2D eigenvalue weighted by atomic mass is 10.1. The van der Waals surface area contributed by atoms with Crippen LogP contribution in [0.2, 0.25) is 0 Å². The van der Waals surface area contributed by atoms with Crippen molar-refractivity contribution in [3.05, 3.63) is 57.7 Å². The van der Waals surface area contributed by atoms with Gasteiger partial charge in [0.15, 0.2) is 0 Å². The van der Waals surface area contributed by atoms with E-state index in [1.54, 1.807) is 43.5 Å². The quantitative estimate of drug-likeness (QED) is 0.408. The Morgan fingerprint density at radius 3 is 2.15 bits per heavy atom. The fraction of sp³-hybridized carbons (Fsp3) is 0.391. The highest BCUT2D eigenvalue weighted by Crippen LogP contribution is 2.21. The molecule has 0 radical (unpaired) electrons. The number of carbonyl (C=O) groups is 2. The van der Waals surface area contributed by atoms with Crippen LogP contribution in [-0.2, 0) is 26.2 Å². The summed E-state index contributed by atoms with van der Waals surface area (Å²) in [7, 11) is -2.17. The van der Waals surface area contributed by atoms with E-state index in [4.69, 9.17) is 4.74 Å². The molecule has 0 heterocycles. The van der Waals surface area contributed by atoms with Gasteiger partial charge in [-0.25, -0.2) is 8.42 Å². The summed E-state index contributed by atoms with van der Waals surface area (Å²) >= 11 is 2.13. The smallest absolute Gasteiger partial charge is 0.244 e. The molecule has 0 saturated carbocycles. The molecule has 0 spiro atoms. The first-order valence-corrected chi connectivity index (χ1v) is 13.5. The second-order valence-electron chi connectivity index (χ2n) is 7.43. The molecule has 1 atom stereocenters. The maximum atomic E-state index is 13.5. The molecule has 1 N–H and O–H groups in total. The number of carbonyl (C=O) groups excluding carboxylic acids is 2. The van der Waals surface area contributed by atoms with Crippen LogP contribution >= 0.6 is 22.6 Å². The van der Waals surface area contributed by atoms with Crippen molar-refractivity contribution >= 4 is 50.1 Å². The molecule has 0 aromatic heterocycles. The van der Waals surface area contributed by atoms with E-state index in [-0.39, 0.29) is 12.5 Å². The predicted octanol–water partition coefficient (Wildman–Crippen LogP) is 3.01. The number of amides is 2. The van der Waals surface area contributed by atoms with E-state index in [0.29, 0.717) is 24.4 Å². The molecule has 2 aromatic rings. The molecule has 0 aliphatic rings. The predicted molar refractivity (Wildman–Crippen MR) is 138 cm³/mol. The fourth-order valence-corrected chi connectivity index (χ4v) is 4.57. The summed E-state index contributed by atoms with van der Waals surface area (Å²) in [6.45, 7) is 3.80. The number of nitrogens with one attached hydrogen (secondary N) is 1. The van der Waals surface area contributed by atoms with E-state index in [9.17, 15) is 18.0 Å². The van der Waals surface area contributed by atoms with Gasteiger partial charge in [0.05, 0.1) is 19.1 Å². The van der Waals surface area contributed by atoms with Crippen LogP contribution in [-0.4, -0.2) is 57.6 Å². The molecule has 0 aliphatic carbocycles. The molecule has 1 unspecified atom stereocenters. The van der Waals surface area contributed by atoms with E-state index in [0.717, 1.165) is 19.7 Å². The number of rotatable bonds is 11. The largest absolute Gasteiger partial charge is 0.497 e. The van der Waals surface area contributed by atoms with Crippen LogP contribution in [0.4, 0.5) is 5.69 Å². The van der Waals surface area contributed by atoms with Crippen molar-refractivity contribution in [2.45, 2.75) is 32.9 Å². The molecule has 0 fully saturated rings. The molecule has 2 amide bonds. The maximum absolute atomic E-state index is 13.5. The zero-order valence-electron chi connectivity index (χ0n) is 19.2. The molecule has 0 bridgehead atoms. The Balaban J connectivity index is 2.40. The third kappa shape index (κ3) is 7.60. The Kier molecular flexibility index (Phi) is 9.96. The minimum atomic E-state index is -3.74. The number of nitrogens with zero attached hydrogens (tertiary/aromatic N) is 2. The Morgan fingerprint density at radius 2 is 1.67 bits per heavy atom. The number of hydrogen-bond donors (Lipinski definition) is 1. The molecule has 0 aliphatic heterocycles. The maximum Gasteiger partial charge on any atom is 0.244 e. The molecule has 0 saturated heterocycles. The van der Waals surface area contributed by atoms with Gasteiger partial charge in [-0.1, -0.05) is 19.1 Å². The topological polar surface area (TPSA) is 96.0 Å². The van der Waals surface area contributed by atoms with E-state index in [1.165, 1.54) is 4.90 Å². The Bertz CT molecular complexity index is 1040. The van der Waals surface area contributed by atoms with Crippen molar-refractivity contribution in [3.8, 4) is 5.75 Å². The van der Waals surface area contributed by atoms with Crippen LogP contribution in [0.5, 0.6) is 5.75 Å². The van der Waals surface area contributed by atoms with Crippen molar-refractivity contribution in [3.63, 3.8) is 0 Å². The monoisotopic (exact) mass is 587 g/mol. The highest BCUT2D eigenvalue weighted by Gasteiger charge is 2.31. The average Bonchev–Trinajstić information content (AvgIpc) is 2.77. The van der Waals surface area contributed by atoms with Gasteiger partial charge in [-0.05, 0) is 77.9 Å². The first kappa shape index (κ1) is 26.9. The van der Waals surface area contributed by atoms with Crippen LogP contribution in [0, 0.1) is 3.57 Å². The molecule has 8 nitrogen and oxygen atoms in total. The summed E-state index contributed by atoms with van der Waals surface area (Å²) in [6.07, 6.45) is 1.45. The van der Waals surface area contributed by atoms with Gasteiger partial charge in [0.1, 0.15) is 18.3 Å². The summed E-state index contributed by atoms with van der Waals surface area (Å²) in [5.74, 6) is -0.0655. The van der Waals surface area contributed by atoms with Gasteiger partial charge < -0.3 is 15.0 Å². The van der Waals surface area contributed by atoms with E-state index >= 15 is 0 Å². The lowest BCUT2D eigenvalue weighted by Gasteiger charge is -2.32. The minimum absolute atomic E-state index is 0.156. The van der Waals surface area contributed by atoms with Crippen molar-refractivity contribution in [1.82, 2.24) is 10.2 Å². The number of halogens is 1. The van der Waals surface area contributed by atoms with Crippen molar-refractivity contribution in [1.29, 1.82) is 0 Å². The van der Waals surface area contributed by atoms with E-state index in [2.05, 4.69) is 27.9 Å². The van der Waals surface area contributed by atoms with Crippen LogP contribution < -0.4 is 14.4 Å². The normalized spacial score (nSPS) is 12.0. The third-order valence-electron chi connectivity index (χ3n) is 5.04. The standard InChI is InChI=1S/C23H30IN3O5S/c1-5-21(23(29)25-6-2)26(15-17-7-13-20(32-3)14-8-17)22(28)16-27(33(4,30)31)19-11-9-18(24)10-12-19/h7-14,21H,5-6,15-16H2,1-4H3,(H,25,29). The number of ether oxygens (including phenoxy) is 1. The zero-order valence-corrected chi connectivity index (χ0v) is 22.2. The number of methoxy groups -OCH3 is 1. The lowest BCUT2D eigenvalue weighted by molar-refractivity contribution is -0.140. The second-order valence-corrected chi connectivity index (χ2v) is 10.6. The van der Waals surface area contributed by atoms with Crippen molar-refractivity contribution < 1.29 is 22.7 Å². The molecule has 2 rings (SSSR count). The van der Waals surface area contributed by atoms with Gasteiger partial charge in [-0.15, -0.1) is 0 Å². The number of anilines is 1. The summed E-state index contributed by atoms with van der Waals surface area (Å²) in [5.41, 5.74) is 1.19. The molecule has 10 heteroatoms. The lowest BCUT2D eigenvalue weighted by Crippen LogP contribution is -2.52. The summed E-state index contributed by atoms with van der Waals surface area (Å²) in [6, 6.07) is 13.3. The number of benzene rings is 2. The molecular formula is C23H30IN3O5S. The SMILES string of the molecule is CCNC(=O)C(CC)N(Cc1ccc(OC)cc1)C(=O)CN(c1ccc(I)cc1)S(C)(=O)=O. The van der Waals surface area contributed by atoms with Crippen LogP contribution in [0.3, 0.4) is 0 Å². The van der Waals surface area contributed by atoms with E-state index in [1.807, 2.05) is 26.0 Å². The van der Waals surface area contributed by atoms with Gasteiger partial charge in [0.2, 0.25) is 21.8 Å². The van der Waals surface area contributed by atoms with E-state index < -0.39 is 28.5 Å². The summed E-state index contributed by atoms with van der Waals surface area (Å²) < 4.78 is 32.3. The fourth-order valence-electron chi connectivity index (χ4n) is 3.36. The van der Waals surface area contributed by atoms with Gasteiger partial charge in [0.25, 0.3) is 0 Å². The molecular weight excluding hydrogens is 557 g/mol. The van der Waals surface area contributed by atoms with Crippen molar-refractivity contribution in [2.24, 2.45) is 0 Å². The average molecular weight is 587 g/mol. The third-order valence-corrected chi connectivity index (χ3v) is 6.90. The van der Waals surface area contributed by atoms with Crippen LogP contribution in [0.25, 0.3) is 0 Å². The second kappa shape index (κ2) is 12.2. The zero-order chi connectivity index (χ0) is 24.6. The number of likely N-dealkylation sites (N-methyl/N-ethyl adjacent to an activating group) is 1. The van der Waals surface area contributed by atoms with Crippen LogP contribution in [0.15, 0.2) is 48.5 Å². The summed E-state index contributed by atoms with van der Waals surface area (Å²) in [5, 5.41) is 2.77. The Morgan fingerprint density at radius 1 is 1.06 bits per heavy atom. The number of hydrogen-bond acceptors (Lipinski definition) is 5. The minimum Gasteiger partial charge on any atom is -0.497 e. The molecule has 2 aromatic carbocycles.